The fourth-order valence-electron chi connectivity index (χ4n) is 2.47. The molecular weight excluding hydrogens is 290 g/mol. The van der Waals surface area contributed by atoms with Crippen LogP contribution < -0.4 is 10.1 Å². The smallest absolute Gasteiger partial charge is 0.321 e. The highest BCUT2D eigenvalue weighted by Gasteiger charge is 2.18. The normalized spacial score (nSPS) is 13.3. The number of hydrogen-bond donors (Lipinski definition) is 2. The molecule has 2 atom stereocenters. The molecule has 23 heavy (non-hydrogen) atoms. The monoisotopic (exact) mass is 313 g/mol. The second-order valence-electron chi connectivity index (χ2n) is 5.66. The molecule has 0 amide bonds. The summed E-state index contributed by atoms with van der Waals surface area (Å²) in [6.07, 6.45) is 0.478. The molecule has 0 fully saturated rings. The summed E-state index contributed by atoms with van der Waals surface area (Å²) in [6.45, 7) is 2.69. The van der Waals surface area contributed by atoms with Gasteiger partial charge in [0.05, 0.1) is 7.11 Å². The second kappa shape index (κ2) is 8.34. The molecule has 0 saturated carbocycles. The minimum absolute atomic E-state index is 0.221. The zero-order chi connectivity index (χ0) is 16.7. The largest absolute Gasteiger partial charge is 0.497 e. The Kier molecular flexibility index (Phi) is 6.18. The Labute approximate surface area is 137 Å². The first-order valence-corrected chi connectivity index (χ1v) is 7.74. The molecule has 4 heteroatoms. The average molecular weight is 313 g/mol. The molecule has 4 nitrogen and oxygen atoms in total. The van der Waals surface area contributed by atoms with Crippen LogP contribution in [0.2, 0.25) is 0 Å². The summed E-state index contributed by atoms with van der Waals surface area (Å²) in [4.78, 5) is 11.5. The van der Waals surface area contributed by atoms with E-state index in [1.807, 2.05) is 54.6 Å². The SMILES string of the molecule is COc1ccc(C(C)CN[C@@H](Cc2ccccc2)C(=O)O)cc1. The van der Waals surface area contributed by atoms with Crippen LogP contribution in [0, 0.1) is 0 Å². The zero-order valence-corrected chi connectivity index (χ0v) is 13.5. The van der Waals surface area contributed by atoms with Gasteiger partial charge in [0, 0.05) is 6.54 Å². The predicted molar refractivity (Wildman–Crippen MR) is 91.0 cm³/mol. The van der Waals surface area contributed by atoms with Gasteiger partial charge in [0.15, 0.2) is 0 Å². The molecule has 1 unspecified atom stereocenters. The number of rotatable bonds is 8. The van der Waals surface area contributed by atoms with Crippen LogP contribution >= 0.6 is 0 Å². The summed E-state index contributed by atoms with van der Waals surface area (Å²) in [5, 5.41) is 12.6. The molecule has 0 aromatic heterocycles. The van der Waals surface area contributed by atoms with Gasteiger partial charge in [-0.05, 0) is 35.6 Å². The molecular formula is C19H23NO3. The van der Waals surface area contributed by atoms with Crippen molar-refractivity contribution in [2.45, 2.75) is 25.3 Å². The zero-order valence-electron chi connectivity index (χ0n) is 13.5. The third kappa shape index (κ3) is 5.11. The van der Waals surface area contributed by atoms with Gasteiger partial charge in [0.1, 0.15) is 11.8 Å². The van der Waals surface area contributed by atoms with Gasteiger partial charge in [-0.2, -0.15) is 0 Å². The van der Waals surface area contributed by atoms with Crippen molar-refractivity contribution in [3.63, 3.8) is 0 Å². The fraction of sp³-hybridized carbons (Fsp3) is 0.316. The fourth-order valence-corrected chi connectivity index (χ4v) is 2.47. The van der Waals surface area contributed by atoms with Crippen LogP contribution in [0.15, 0.2) is 54.6 Å². The number of ether oxygens (including phenoxy) is 1. The molecule has 2 rings (SSSR count). The number of carboxylic acids is 1. The maximum atomic E-state index is 11.5. The van der Waals surface area contributed by atoms with Crippen molar-refractivity contribution < 1.29 is 14.6 Å². The van der Waals surface area contributed by atoms with E-state index < -0.39 is 12.0 Å². The highest BCUT2D eigenvalue weighted by molar-refractivity contribution is 5.73. The van der Waals surface area contributed by atoms with Crippen LogP contribution in [0.1, 0.15) is 24.0 Å². The highest BCUT2D eigenvalue weighted by Crippen LogP contribution is 2.18. The lowest BCUT2D eigenvalue weighted by Crippen LogP contribution is -2.40. The van der Waals surface area contributed by atoms with Gasteiger partial charge in [-0.25, -0.2) is 0 Å². The van der Waals surface area contributed by atoms with E-state index in [1.165, 1.54) is 0 Å². The molecule has 2 aromatic carbocycles. The molecule has 122 valence electrons. The number of methoxy groups -OCH3 is 1. The van der Waals surface area contributed by atoms with Gasteiger partial charge in [0.25, 0.3) is 0 Å². The summed E-state index contributed by atoms with van der Waals surface area (Å²) < 4.78 is 5.15. The van der Waals surface area contributed by atoms with E-state index in [2.05, 4.69) is 12.2 Å². The third-order valence-electron chi connectivity index (χ3n) is 3.94. The topological polar surface area (TPSA) is 58.6 Å². The molecule has 0 aliphatic heterocycles. The van der Waals surface area contributed by atoms with Gasteiger partial charge in [-0.3, -0.25) is 4.79 Å². The van der Waals surface area contributed by atoms with Crippen LogP contribution in [0.4, 0.5) is 0 Å². The van der Waals surface area contributed by atoms with Crippen LogP contribution in [-0.4, -0.2) is 30.8 Å². The van der Waals surface area contributed by atoms with Crippen molar-refractivity contribution in [2.24, 2.45) is 0 Å². The van der Waals surface area contributed by atoms with E-state index in [4.69, 9.17) is 4.74 Å². The lowest BCUT2D eigenvalue weighted by molar-refractivity contribution is -0.139. The van der Waals surface area contributed by atoms with E-state index in [9.17, 15) is 9.90 Å². The molecule has 0 radical (unpaired) electrons. The summed E-state index contributed by atoms with van der Waals surface area (Å²) in [5.41, 5.74) is 2.17. The Morgan fingerprint density at radius 2 is 1.78 bits per heavy atom. The van der Waals surface area contributed by atoms with Crippen LogP contribution in [-0.2, 0) is 11.2 Å². The Balaban J connectivity index is 1.93. The van der Waals surface area contributed by atoms with Gasteiger partial charge in [0.2, 0.25) is 0 Å². The highest BCUT2D eigenvalue weighted by atomic mass is 16.5. The maximum absolute atomic E-state index is 11.5. The number of carboxylic acid groups (broad SMARTS) is 1. The number of hydrogen-bond acceptors (Lipinski definition) is 3. The van der Waals surface area contributed by atoms with Gasteiger partial charge < -0.3 is 15.2 Å². The first-order valence-electron chi connectivity index (χ1n) is 7.74. The van der Waals surface area contributed by atoms with Crippen molar-refractivity contribution in [3.05, 3.63) is 65.7 Å². The van der Waals surface area contributed by atoms with Gasteiger partial charge in [-0.15, -0.1) is 0 Å². The standard InChI is InChI=1S/C19H23NO3/c1-14(16-8-10-17(23-2)11-9-16)13-20-18(19(21)22)12-15-6-4-3-5-7-15/h3-11,14,18,20H,12-13H2,1-2H3,(H,21,22)/t14?,18-/m0/s1. The molecule has 0 aliphatic rings. The lowest BCUT2D eigenvalue weighted by Gasteiger charge is -2.18. The Hall–Kier alpha value is -2.33. The quantitative estimate of drug-likeness (QED) is 0.786. The molecule has 0 heterocycles. The van der Waals surface area contributed by atoms with Crippen molar-refractivity contribution in [1.29, 1.82) is 0 Å². The number of aliphatic carboxylic acids is 1. The van der Waals surface area contributed by atoms with Crippen molar-refractivity contribution in [1.82, 2.24) is 5.32 Å². The van der Waals surface area contributed by atoms with Crippen LogP contribution in [0.5, 0.6) is 5.75 Å². The Morgan fingerprint density at radius 1 is 1.13 bits per heavy atom. The van der Waals surface area contributed by atoms with Crippen LogP contribution in [0.25, 0.3) is 0 Å². The van der Waals surface area contributed by atoms with Crippen molar-refractivity contribution in [3.8, 4) is 5.75 Å². The molecule has 0 aliphatic carbocycles. The first-order chi connectivity index (χ1) is 11.1. The number of carbonyl (C=O) groups is 1. The van der Waals surface area contributed by atoms with E-state index in [-0.39, 0.29) is 5.92 Å². The summed E-state index contributed by atoms with van der Waals surface area (Å²) in [5.74, 6) is 0.218. The minimum Gasteiger partial charge on any atom is -0.497 e. The molecule has 2 N–H and O–H groups in total. The summed E-state index contributed by atoms with van der Waals surface area (Å²) in [6, 6.07) is 17.0. The van der Waals surface area contributed by atoms with E-state index in [1.54, 1.807) is 7.11 Å². The predicted octanol–water partition coefficient (Wildman–Crippen LogP) is 3.08. The average Bonchev–Trinajstić information content (AvgIpc) is 2.59. The number of nitrogens with one attached hydrogen (secondary N) is 1. The molecule has 0 saturated heterocycles. The summed E-state index contributed by atoms with van der Waals surface area (Å²) in [7, 11) is 1.64. The van der Waals surface area contributed by atoms with E-state index >= 15 is 0 Å². The van der Waals surface area contributed by atoms with E-state index in [0.29, 0.717) is 13.0 Å². The Bertz CT molecular complexity index is 610. The maximum Gasteiger partial charge on any atom is 0.321 e. The van der Waals surface area contributed by atoms with Crippen molar-refractivity contribution >= 4 is 5.97 Å². The summed E-state index contributed by atoms with van der Waals surface area (Å²) >= 11 is 0. The van der Waals surface area contributed by atoms with Crippen molar-refractivity contribution in [2.75, 3.05) is 13.7 Å². The molecule has 2 aromatic rings. The van der Waals surface area contributed by atoms with E-state index in [0.717, 1.165) is 16.9 Å². The third-order valence-corrected chi connectivity index (χ3v) is 3.94. The van der Waals surface area contributed by atoms with Gasteiger partial charge >= 0.3 is 5.97 Å². The van der Waals surface area contributed by atoms with Gasteiger partial charge in [-0.1, -0.05) is 49.4 Å². The second-order valence-corrected chi connectivity index (χ2v) is 5.66. The molecule has 0 spiro atoms. The Morgan fingerprint density at radius 3 is 2.35 bits per heavy atom. The molecule has 0 bridgehead atoms. The lowest BCUT2D eigenvalue weighted by atomic mass is 10.00. The minimum atomic E-state index is -0.823. The first kappa shape index (κ1) is 17.0. The van der Waals surface area contributed by atoms with Crippen LogP contribution in [0.3, 0.4) is 0 Å². The number of benzene rings is 2.